The molecule has 5 rings (SSSR count). The number of hydrogen-bond acceptors (Lipinski definition) is 4. The van der Waals surface area contributed by atoms with Gasteiger partial charge in [0.2, 0.25) is 11.8 Å². The molecule has 0 spiro atoms. The summed E-state index contributed by atoms with van der Waals surface area (Å²) in [5, 5.41) is 19.6. The van der Waals surface area contributed by atoms with Crippen LogP contribution in [-0.2, 0) is 0 Å². The molecule has 146 valence electrons. The molecule has 3 aromatic carbocycles. The minimum Gasteiger partial charge on any atom is -0.420 e. The lowest BCUT2D eigenvalue weighted by Gasteiger charge is -2.24. The molecule has 4 aromatic rings. The Morgan fingerprint density at radius 3 is 2.57 bits per heavy atom. The van der Waals surface area contributed by atoms with Crippen molar-refractivity contribution >= 4 is 10.8 Å². The molecule has 0 radical (unpaired) electrons. The number of nitriles is 1. The molecule has 0 aliphatic carbocycles. The number of aromatic nitrogens is 2. The first kappa shape index (κ1) is 18.0. The van der Waals surface area contributed by atoms with E-state index in [0.717, 1.165) is 33.2 Å². The van der Waals surface area contributed by atoms with Crippen LogP contribution in [0.1, 0.15) is 28.2 Å². The zero-order valence-electron chi connectivity index (χ0n) is 16.7. The molecule has 0 saturated heterocycles. The van der Waals surface area contributed by atoms with Crippen LogP contribution in [0.4, 0.5) is 0 Å². The Morgan fingerprint density at radius 1 is 1.00 bits per heavy atom. The number of allylic oxidation sites excluding steroid dienone is 1. The zero-order chi connectivity index (χ0) is 20.8. The van der Waals surface area contributed by atoms with E-state index in [0.29, 0.717) is 11.5 Å². The van der Waals surface area contributed by atoms with Gasteiger partial charge in [-0.2, -0.15) is 5.26 Å². The van der Waals surface area contributed by atoms with E-state index in [4.69, 9.17) is 10.5 Å². The van der Waals surface area contributed by atoms with Crippen molar-refractivity contribution in [3.05, 3.63) is 94.4 Å². The second-order valence-corrected chi connectivity index (χ2v) is 7.65. The van der Waals surface area contributed by atoms with Gasteiger partial charge in [0, 0.05) is 5.56 Å². The number of ether oxygens (including phenoxy) is 1. The fourth-order valence-electron chi connectivity index (χ4n) is 4.08. The van der Waals surface area contributed by atoms with Gasteiger partial charge in [-0.3, -0.25) is 5.10 Å². The van der Waals surface area contributed by atoms with Crippen molar-refractivity contribution in [3.8, 4) is 23.2 Å². The number of H-pyrrole nitrogens is 1. The Kier molecular flexibility index (Phi) is 4.07. The monoisotopic (exact) mass is 392 g/mol. The maximum atomic E-state index is 9.91. The summed E-state index contributed by atoms with van der Waals surface area (Å²) >= 11 is 0. The minimum absolute atomic E-state index is 0.0984. The second-order valence-electron chi connectivity index (χ2n) is 7.65. The molecule has 5 heteroatoms. The number of nitrogens with one attached hydrogen (secondary N) is 1. The van der Waals surface area contributed by atoms with Crippen molar-refractivity contribution in [2.45, 2.75) is 19.8 Å². The van der Waals surface area contributed by atoms with Crippen LogP contribution >= 0.6 is 0 Å². The predicted molar refractivity (Wildman–Crippen MR) is 117 cm³/mol. The number of aromatic amines is 1. The van der Waals surface area contributed by atoms with Gasteiger partial charge >= 0.3 is 0 Å². The summed E-state index contributed by atoms with van der Waals surface area (Å²) in [4.78, 5) is 0. The van der Waals surface area contributed by atoms with E-state index in [1.54, 1.807) is 0 Å². The van der Waals surface area contributed by atoms with E-state index in [1.165, 1.54) is 11.1 Å². The van der Waals surface area contributed by atoms with Crippen molar-refractivity contribution in [1.82, 2.24) is 10.2 Å². The summed E-state index contributed by atoms with van der Waals surface area (Å²) < 4.78 is 5.72. The molecule has 2 heterocycles. The van der Waals surface area contributed by atoms with Crippen LogP contribution < -0.4 is 10.5 Å². The van der Waals surface area contributed by atoms with Crippen LogP contribution in [0.3, 0.4) is 0 Å². The van der Waals surface area contributed by atoms with Gasteiger partial charge in [0.05, 0.1) is 17.2 Å². The summed E-state index contributed by atoms with van der Waals surface area (Å²) in [5.74, 6) is 0.151. The number of nitrogens with two attached hydrogens (primary N) is 1. The maximum absolute atomic E-state index is 9.91. The molecule has 1 unspecified atom stereocenters. The van der Waals surface area contributed by atoms with E-state index in [-0.39, 0.29) is 11.8 Å². The Balaban J connectivity index is 1.75. The third-order valence-corrected chi connectivity index (χ3v) is 5.84. The predicted octanol–water partition coefficient (Wildman–Crippen LogP) is 5.06. The summed E-state index contributed by atoms with van der Waals surface area (Å²) in [5.41, 5.74) is 12.6. The Hall–Kier alpha value is -4.04. The van der Waals surface area contributed by atoms with Crippen LogP contribution in [0.25, 0.3) is 22.0 Å². The van der Waals surface area contributed by atoms with Crippen LogP contribution in [0, 0.1) is 25.2 Å². The van der Waals surface area contributed by atoms with Crippen molar-refractivity contribution in [1.29, 1.82) is 5.26 Å². The first-order valence-electron chi connectivity index (χ1n) is 9.79. The van der Waals surface area contributed by atoms with Crippen LogP contribution in [0.2, 0.25) is 0 Å². The molecule has 30 heavy (non-hydrogen) atoms. The van der Waals surface area contributed by atoms with Gasteiger partial charge < -0.3 is 10.5 Å². The number of rotatable bonds is 2. The summed E-state index contributed by atoms with van der Waals surface area (Å²) in [6.07, 6.45) is 0. The first-order chi connectivity index (χ1) is 14.6. The number of nitrogens with zero attached hydrogens (tertiary/aromatic N) is 2. The highest BCUT2D eigenvalue weighted by Gasteiger charge is 2.35. The normalized spacial score (nSPS) is 15.6. The average molecular weight is 392 g/mol. The third kappa shape index (κ3) is 2.73. The lowest BCUT2D eigenvalue weighted by molar-refractivity contribution is 0.379. The standard InChI is InChI=1S/C25H20N4O/c1-14-7-8-19(11-15(14)2)23-22-21(20(13-26)24(27)30-25(22)29-28-23)18-10-9-16-5-3-4-6-17(16)12-18/h3-12,21H,27H2,1-2H3,(H,28,29). The molecule has 0 saturated carbocycles. The molecular formula is C25H20N4O. The molecule has 1 aromatic heterocycles. The van der Waals surface area contributed by atoms with Gasteiger partial charge in [0.1, 0.15) is 11.6 Å². The van der Waals surface area contributed by atoms with Gasteiger partial charge in [0.15, 0.2) is 0 Å². The van der Waals surface area contributed by atoms with Gasteiger partial charge in [0.25, 0.3) is 0 Å². The molecule has 0 amide bonds. The Morgan fingerprint density at radius 2 is 1.80 bits per heavy atom. The Labute approximate surface area is 174 Å². The van der Waals surface area contributed by atoms with Crippen molar-refractivity contribution < 1.29 is 4.74 Å². The average Bonchev–Trinajstić information content (AvgIpc) is 3.17. The highest BCUT2D eigenvalue weighted by atomic mass is 16.5. The quantitative estimate of drug-likeness (QED) is 0.499. The van der Waals surface area contributed by atoms with Gasteiger partial charge in [-0.1, -0.05) is 54.6 Å². The smallest absolute Gasteiger partial charge is 0.244 e. The molecular weight excluding hydrogens is 372 g/mol. The SMILES string of the molecule is Cc1ccc(-c2[nH]nc3c2C(c2ccc4ccccc4c2)C(C#N)=C(N)O3)cc1C. The zero-order valence-corrected chi connectivity index (χ0v) is 16.7. The molecule has 5 nitrogen and oxygen atoms in total. The lowest BCUT2D eigenvalue weighted by Crippen LogP contribution is -2.21. The summed E-state index contributed by atoms with van der Waals surface area (Å²) in [6.45, 7) is 4.16. The second kappa shape index (κ2) is 6.78. The van der Waals surface area contributed by atoms with Gasteiger partial charge in [-0.15, -0.1) is 5.10 Å². The van der Waals surface area contributed by atoms with Crippen LogP contribution in [-0.4, -0.2) is 10.2 Å². The van der Waals surface area contributed by atoms with Crippen molar-refractivity contribution in [2.24, 2.45) is 5.73 Å². The first-order valence-corrected chi connectivity index (χ1v) is 9.79. The van der Waals surface area contributed by atoms with Crippen LogP contribution in [0.5, 0.6) is 5.88 Å². The number of aryl methyl sites for hydroxylation is 2. The molecule has 1 atom stereocenters. The summed E-state index contributed by atoms with van der Waals surface area (Å²) in [6, 6.07) is 22.9. The molecule has 1 aliphatic rings. The molecule has 3 N–H and O–H groups in total. The summed E-state index contributed by atoms with van der Waals surface area (Å²) in [7, 11) is 0. The molecule has 0 bridgehead atoms. The highest BCUT2D eigenvalue weighted by Crippen LogP contribution is 2.46. The number of fused-ring (bicyclic) bond motifs is 2. The molecule has 1 aliphatic heterocycles. The van der Waals surface area contributed by atoms with E-state index in [9.17, 15) is 5.26 Å². The van der Waals surface area contributed by atoms with E-state index in [2.05, 4.69) is 72.6 Å². The lowest BCUT2D eigenvalue weighted by atomic mass is 9.82. The maximum Gasteiger partial charge on any atom is 0.244 e. The third-order valence-electron chi connectivity index (χ3n) is 5.84. The largest absolute Gasteiger partial charge is 0.420 e. The van der Waals surface area contributed by atoms with Crippen molar-refractivity contribution in [2.75, 3.05) is 0 Å². The fourth-order valence-corrected chi connectivity index (χ4v) is 4.08. The number of benzene rings is 3. The topological polar surface area (TPSA) is 87.7 Å². The van der Waals surface area contributed by atoms with E-state index >= 15 is 0 Å². The van der Waals surface area contributed by atoms with E-state index < -0.39 is 0 Å². The fraction of sp³-hybridized carbons (Fsp3) is 0.120. The van der Waals surface area contributed by atoms with Crippen molar-refractivity contribution in [3.63, 3.8) is 0 Å². The minimum atomic E-state index is -0.362. The number of hydrogen-bond donors (Lipinski definition) is 2. The Bertz CT molecular complexity index is 1370. The van der Waals surface area contributed by atoms with Gasteiger partial charge in [-0.05, 0) is 47.4 Å². The van der Waals surface area contributed by atoms with Crippen LogP contribution in [0.15, 0.2) is 72.1 Å². The highest BCUT2D eigenvalue weighted by molar-refractivity contribution is 5.84. The van der Waals surface area contributed by atoms with E-state index in [1.807, 2.05) is 18.2 Å². The molecule has 0 fully saturated rings. The van der Waals surface area contributed by atoms with Gasteiger partial charge in [-0.25, -0.2) is 0 Å².